The molecule has 0 saturated carbocycles. The maximum Gasteiger partial charge on any atom is 0.317 e. The highest BCUT2D eigenvalue weighted by Gasteiger charge is 2.36. The van der Waals surface area contributed by atoms with E-state index < -0.39 is 83.4 Å². The molecule has 2 bridgehead atoms. The van der Waals surface area contributed by atoms with E-state index in [9.17, 15) is 73.2 Å². The van der Waals surface area contributed by atoms with Crippen LogP contribution in [0.25, 0.3) is 0 Å². The van der Waals surface area contributed by atoms with Crippen LogP contribution in [0.15, 0.2) is 24.3 Å². The van der Waals surface area contributed by atoms with Gasteiger partial charge in [-0.25, -0.2) is 0 Å². The lowest BCUT2D eigenvalue weighted by Crippen LogP contribution is -2.62. The van der Waals surface area contributed by atoms with Crippen molar-refractivity contribution < 1.29 is 87.4 Å². The third-order valence-electron chi connectivity index (χ3n) is 16.4. The maximum atomic E-state index is 14.2. The number of nitrogens with two attached hydrogens (primary N) is 1. The molecule has 33 heteroatoms. The molecule has 1 aromatic carbocycles. The molecule has 562 valence electrons. The van der Waals surface area contributed by atoms with Crippen LogP contribution in [-0.2, 0) is 78.5 Å². The second-order valence-corrected chi connectivity index (χ2v) is 28.0. The second kappa shape index (κ2) is 49.3. The molecule has 1 fully saturated rings. The molecule has 1 unspecified atom stereocenters. The molecule has 6 atom stereocenters. The summed E-state index contributed by atoms with van der Waals surface area (Å²) in [5, 5.41) is 61.6. The van der Waals surface area contributed by atoms with Crippen molar-refractivity contribution in [1.29, 1.82) is 0 Å². The minimum atomic E-state index is -1.33. The van der Waals surface area contributed by atoms with Crippen molar-refractivity contribution in [3.05, 3.63) is 35.4 Å². The zero-order valence-electron chi connectivity index (χ0n) is 58.8. The van der Waals surface area contributed by atoms with Crippen molar-refractivity contribution >= 4 is 88.7 Å². The maximum absolute atomic E-state index is 14.2. The van der Waals surface area contributed by atoms with Gasteiger partial charge < -0.3 is 77.6 Å². The molecule has 0 spiro atoms. The number of amides is 8. The number of carbonyl (C=O) groups is 11. The normalized spacial score (nSPS) is 19.9. The predicted molar refractivity (Wildman–Crippen MR) is 375 cm³/mol. The fourth-order valence-corrected chi connectivity index (χ4v) is 12.4. The summed E-state index contributed by atoms with van der Waals surface area (Å²) in [6.45, 7) is 14.8. The third-order valence-corrected chi connectivity index (χ3v) is 18.5. The second-order valence-electron chi connectivity index (χ2n) is 25.9. The van der Waals surface area contributed by atoms with E-state index in [-0.39, 0.29) is 159 Å². The van der Waals surface area contributed by atoms with Crippen molar-refractivity contribution in [2.24, 2.45) is 17.6 Å². The molecule has 0 aromatic heterocycles. The minimum Gasteiger partial charge on any atom is -0.480 e. The van der Waals surface area contributed by atoms with Gasteiger partial charge in [0.25, 0.3) is 0 Å². The summed E-state index contributed by atoms with van der Waals surface area (Å²) < 4.78 is 17.0. The summed E-state index contributed by atoms with van der Waals surface area (Å²) in [5.74, 6) is -5.31. The number of aliphatic carboxylic acids is 3. The quantitative estimate of drug-likeness (QED) is 0.0289. The highest BCUT2D eigenvalue weighted by Crippen LogP contribution is 2.21. The zero-order chi connectivity index (χ0) is 73.1. The summed E-state index contributed by atoms with van der Waals surface area (Å²) in [6, 6.07) is 4.12. The summed E-state index contributed by atoms with van der Waals surface area (Å²) in [4.78, 5) is 148. The lowest BCUT2D eigenvalue weighted by Gasteiger charge is -2.32. The van der Waals surface area contributed by atoms with E-state index in [1.54, 1.807) is 40.3 Å². The number of ether oxygens (including phenoxy) is 3. The van der Waals surface area contributed by atoms with E-state index in [2.05, 4.69) is 48.6 Å². The van der Waals surface area contributed by atoms with Crippen LogP contribution in [0.3, 0.4) is 0 Å². The molecule has 2 heterocycles. The van der Waals surface area contributed by atoms with Crippen LogP contribution in [0.4, 0.5) is 0 Å². The molecular weight excluding hydrogens is 1330 g/mol. The van der Waals surface area contributed by atoms with Gasteiger partial charge in [-0.05, 0) is 88.3 Å². The third kappa shape index (κ3) is 39.5. The van der Waals surface area contributed by atoms with E-state index >= 15 is 0 Å². The van der Waals surface area contributed by atoms with Gasteiger partial charge in [0.05, 0.1) is 52.6 Å². The number of rotatable bonds is 38. The van der Waals surface area contributed by atoms with Crippen LogP contribution >= 0.6 is 23.5 Å². The Morgan fingerprint density at radius 1 is 0.657 bits per heavy atom. The average Bonchev–Trinajstić information content (AvgIpc) is 0.854. The summed E-state index contributed by atoms with van der Waals surface area (Å²) >= 11 is 3.09. The minimum absolute atomic E-state index is 0.00654. The molecule has 3 rings (SSSR count). The fraction of sp³-hybridized carbons (Fsp3) is 0.742. The van der Waals surface area contributed by atoms with Gasteiger partial charge in [0.2, 0.25) is 47.3 Å². The van der Waals surface area contributed by atoms with Crippen LogP contribution in [0.1, 0.15) is 117 Å². The van der Waals surface area contributed by atoms with Gasteiger partial charge in [0.1, 0.15) is 35.9 Å². The number of carboxylic acids is 3. The summed E-state index contributed by atoms with van der Waals surface area (Å²) in [6.07, 6.45) is 2.12. The molecule has 2 aliphatic rings. The fourth-order valence-electron chi connectivity index (χ4n) is 10.5. The number of thioether (sulfide) groups is 2. The number of primary amides is 1. The van der Waals surface area contributed by atoms with E-state index in [0.717, 1.165) is 11.1 Å². The molecule has 99 heavy (non-hydrogen) atoms. The molecular formula is C66H113N13O18S2. The van der Waals surface area contributed by atoms with Gasteiger partial charge in [-0.1, -0.05) is 58.4 Å². The van der Waals surface area contributed by atoms with Crippen molar-refractivity contribution in [2.75, 3.05) is 149 Å². The number of hydrogen-bond donors (Lipinski definition) is 13. The van der Waals surface area contributed by atoms with E-state index in [1.165, 1.54) is 11.8 Å². The average molecular weight is 1440 g/mol. The first-order valence-electron chi connectivity index (χ1n) is 34.4. The smallest absolute Gasteiger partial charge is 0.317 e. The zero-order valence-corrected chi connectivity index (χ0v) is 60.4. The van der Waals surface area contributed by atoms with Gasteiger partial charge in [-0.3, -0.25) is 77.7 Å². The van der Waals surface area contributed by atoms with Gasteiger partial charge in [-0.15, -0.1) is 0 Å². The van der Waals surface area contributed by atoms with Gasteiger partial charge in [0.15, 0.2) is 0 Å². The van der Waals surface area contributed by atoms with Crippen molar-refractivity contribution in [3.63, 3.8) is 0 Å². The van der Waals surface area contributed by atoms with Crippen molar-refractivity contribution in [3.8, 4) is 0 Å². The first-order valence-corrected chi connectivity index (χ1v) is 36.7. The number of hydrogen-bond acceptors (Lipinski definition) is 22. The number of nitrogens with zero attached hydrogens (tertiary/aromatic N) is 4. The Balaban J connectivity index is 1.33. The number of carboxylic acid groups (broad SMARTS) is 3. The Hall–Kier alpha value is -6.27. The highest BCUT2D eigenvalue weighted by atomic mass is 32.2. The van der Waals surface area contributed by atoms with Crippen LogP contribution in [0.2, 0.25) is 0 Å². The number of fused-ring (bicyclic) bond motifs is 2. The van der Waals surface area contributed by atoms with E-state index in [4.69, 9.17) is 19.9 Å². The number of aliphatic hydroxyl groups excluding tert-OH is 1. The van der Waals surface area contributed by atoms with E-state index in [0.29, 0.717) is 95.5 Å². The Morgan fingerprint density at radius 3 is 1.72 bits per heavy atom. The Morgan fingerprint density at radius 2 is 1.18 bits per heavy atom. The molecule has 1 saturated heterocycles. The topological polar surface area (TPSA) is 432 Å². The molecule has 1 aromatic rings. The molecule has 14 N–H and O–H groups in total. The Bertz CT molecular complexity index is 2640. The number of benzene rings is 1. The summed E-state index contributed by atoms with van der Waals surface area (Å²) in [5.41, 5.74) is 6.37. The number of nitrogens with one attached hydrogen (secondary N) is 8. The van der Waals surface area contributed by atoms with Crippen LogP contribution in [0, 0.1) is 11.8 Å². The molecule has 0 aliphatic carbocycles. The molecule has 0 radical (unpaired) electrons. The van der Waals surface area contributed by atoms with Gasteiger partial charge >= 0.3 is 17.9 Å². The SMILES string of the molecule is CC[C@H](C)[C@@H]1NC(=O)[C@H](CC(C)C)NC(=O)C(C)(C)NC(=O)CCSCc2cccc(c2)CSC[C@@H](C(=O)NCCCOCCOCCOCCCNC(O)CCC(=O)N[C@@H](CCCCNC(=O)CN2CCN(CC(=O)O)CCN(CC(=O)O)CCN(CC(=O)O)CC2)C(N)=O)NC1=O. The van der Waals surface area contributed by atoms with Crippen molar-refractivity contribution in [2.45, 2.75) is 153 Å². The van der Waals surface area contributed by atoms with Crippen LogP contribution < -0.4 is 48.3 Å². The first kappa shape index (κ1) is 86.9. The molecule has 31 nitrogen and oxygen atoms in total. The standard InChI is InChI=1S/C66H113N13O18S2/c1-7-47(4)60-64(93)72-52(45-99-44-49-14-10-13-48(38-49)43-98-36-18-55(82)75-66(5,6)65(94)73-51(37-46(2)3)63(92)74-60)62(91)70-21-12-31-96-33-35-97-34-32-95-30-11-20-68-53(80)16-17-54(81)71-50(61(67)90)15-8-9-19-69-56(83)39-76-22-24-77(40-57(84)85)26-28-79(42-59(88)89)29-27-78(25-23-76)41-58(86)87/h10,13-14,38,46-47,50-53,60,68,80H,7-9,11-12,15-37,39-45H2,1-6H3,(H2,67,90)(H,69,83)(H,70,91)(H,71,81)(H,72,93)(H,73,94)(H,74,92)(H,75,82)(H,84,85)(H,86,87)(H,88,89)/t47-,50-,51-,52-,53?,60-/m0/s1. The lowest BCUT2D eigenvalue weighted by atomic mass is 9.96. The number of unbranched alkanes of at least 4 members (excludes halogenated alkanes) is 1. The lowest BCUT2D eigenvalue weighted by molar-refractivity contribution is -0.140. The molecule has 2 aliphatic heterocycles. The monoisotopic (exact) mass is 1440 g/mol. The van der Waals surface area contributed by atoms with Crippen molar-refractivity contribution in [1.82, 2.24) is 62.1 Å². The number of carbonyl (C=O) groups excluding carboxylic acids is 8. The van der Waals surface area contributed by atoms with E-state index in [1.807, 2.05) is 50.8 Å². The molecule has 8 amide bonds. The number of aliphatic hydroxyl groups is 1. The van der Waals surface area contributed by atoms with Gasteiger partial charge in [-0.2, -0.15) is 23.5 Å². The summed E-state index contributed by atoms with van der Waals surface area (Å²) in [7, 11) is 0. The Kier molecular flexibility index (Phi) is 43.3. The van der Waals surface area contributed by atoms with Gasteiger partial charge in [0, 0.05) is 115 Å². The highest BCUT2D eigenvalue weighted by molar-refractivity contribution is 7.98. The first-order chi connectivity index (χ1) is 47.1. The largest absolute Gasteiger partial charge is 0.480 e. The van der Waals surface area contributed by atoms with Crippen LogP contribution in [0.5, 0.6) is 0 Å². The predicted octanol–water partition coefficient (Wildman–Crippen LogP) is -0.636. The Labute approximate surface area is 591 Å². The van der Waals surface area contributed by atoms with Crippen LogP contribution in [-0.4, -0.2) is 290 Å².